The van der Waals surface area contributed by atoms with Crippen molar-refractivity contribution in [2.75, 3.05) is 31.1 Å². The van der Waals surface area contributed by atoms with Crippen LogP contribution in [0.25, 0.3) is 0 Å². The summed E-state index contributed by atoms with van der Waals surface area (Å²) in [5, 5.41) is 9.16. The first-order valence-electron chi connectivity index (χ1n) is 10.1. The molecule has 2 saturated heterocycles. The van der Waals surface area contributed by atoms with Crippen LogP contribution in [-0.4, -0.2) is 70.2 Å². The van der Waals surface area contributed by atoms with Crippen LogP contribution in [0, 0.1) is 5.92 Å². The molecular formula is C20H28N4O3. The standard InChI is InChI=1S/C20H28N4O3/c25-19(26)15-1-3-17(4-2-15)23-13-14-24(20(23)27)18-7-11-22(12-8-18)16-5-9-21-10-6-16/h5-6,9-10,15,17-18H,1-4,7-8,11-14H2,(H,25,26)/t15-,17-. The zero-order chi connectivity index (χ0) is 18.8. The van der Waals surface area contributed by atoms with Crippen molar-refractivity contribution < 1.29 is 14.7 Å². The lowest BCUT2D eigenvalue weighted by atomic mass is 9.85. The summed E-state index contributed by atoms with van der Waals surface area (Å²) in [7, 11) is 0. The van der Waals surface area contributed by atoms with Crippen LogP contribution in [0.3, 0.4) is 0 Å². The van der Waals surface area contributed by atoms with Gasteiger partial charge in [0.1, 0.15) is 0 Å². The van der Waals surface area contributed by atoms with Crippen LogP contribution in [-0.2, 0) is 4.79 Å². The van der Waals surface area contributed by atoms with Crippen LogP contribution in [0.1, 0.15) is 38.5 Å². The van der Waals surface area contributed by atoms with E-state index in [9.17, 15) is 9.59 Å². The monoisotopic (exact) mass is 372 g/mol. The third kappa shape index (κ3) is 3.73. The highest BCUT2D eigenvalue weighted by Gasteiger charge is 2.40. The quantitative estimate of drug-likeness (QED) is 0.878. The predicted octanol–water partition coefficient (Wildman–Crippen LogP) is 2.43. The average molecular weight is 372 g/mol. The third-order valence-electron chi connectivity index (χ3n) is 6.49. The first kappa shape index (κ1) is 18.1. The molecule has 1 aromatic rings. The fourth-order valence-electron chi connectivity index (χ4n) is 4.87. The fraction of sp³-hybridized carbons (Fsp3) is 0.650. The SMILES string of the molecule is O=C1N(C2CCN(c3ccncc3)CC2)CCN1[C@H]1CC[C@H](C(=O)O)CC1. The summed E-state index contributed by atoms with van der Waals surface area (Å²) in [4.78, 5) is 34.6. The molecule has 146 valence electrons. The highest BCUT2D eigenvalue weighted by Crippen LogP contribution is 2.31. The number of aromatic nitrogens is 1. The van der Waals surface area contributed by atoms with Crippen LogP contribution in [0.5, 0.6) is 0 Å². The summed E-state index contributed by atoms with van der Waals surface area (Å²) < 4.78 is 0. The number of anilines is 1. The van der Waals surface area contributed by atoms with E-state index in [1.165, 1.54) is 5.69 Å². The number of nitrogens with zero attached hydrogens (tertiary/aromatic N) is 4. The number of pyridine rings is 1. The van der Waals surface area contributed by atoms with E-state index in [2.05, 4.69) is 14.8 Å². The zero-order valence-electron chi connectivity index (χ0n) is 15.7. The molecule has 1 aromatic heterocycles. The van der Waals surface area contributed by atoms with E-state index in [1.54, 1.807) is 0 Å². The molecule has 0 spiro atoms. The highest BCUT2D eigenvalue weighted by molar-refractivity contribution is 5.77. The molecule has 3 fully saturated rings. The van der Waals surface area contributed by atoms with Crippen molar-refractivity contribution in [3.05, 3.63) is 24.5 Å². The summed E-state index contributed by atoms with van der Waals surface area (Å²) >= 11 is 0. The minimum Gasteiger partial charge on any atom is -0.481 e. The second-order valence-electron chi connectivity index (χ2n) is 7.94. The van der Waals surface area contributed by atoms with Crippen molar-refractivity contribution in [2.45, 2.75) is 50.6 Å². The van der Waals surface area contributed by atoms with Crippen molar-refractivity contribution in [3.8, 4) is 0 Å². The van der Waals surface area contributed by atoms with E-state index in [1.807, 2.05) is 29.4 Å². The van der Waals surface area contributed by atoms with Gasteiger partial charge < -0.3 is 19.8 Å². The lowest BCUT2D eigenvalue weighted by Gasteiger charge is -2.38. The Morgan fingerprint density at radius 3 is 2.00 bits per heavy atom. The molecule has 2 amide bonds. The predicted molar refractivity (Wildman–Crippen MR) is 102 cm³/mol. The normalized spacial score (nSPS) is 27.3. The molecule has 0 radical (unpaired) electrons. The number of carbonyl (C=O) groups excluding carboxylic acids is 1. The van der Waals surface area contributed by atoms with Crippen LogP contribution in [0.15, 0.2) is 24.5 Å². The Labute approximate surface area is 160 Å². The summed E-state index contributed by atoms with van der Waals surface area (Å²) in [6.07, 6.45) is 8.64. The number of urea groups is 1. The van der Waals surface area contributed by atoms with Crippen LogP contribution >= 0.6 is 0 Å². The second-order valence-corrected chi connectivity index (χ2v) is 7.94. The van der Waals surface area contributed by atoms with Crippen molar-refractivity contribution in [2.24, 2.45) is 5.92 Å². The zero-order valence-corrected chi connectivity index (χ0v) is 15.7. The molecule has 0 aromatic carbocycles. The van der Waals surface area contributed by atoms with Gasteiger partial charge in [-0.05, 0) is 50.7 Å². The number of rotatable bonds is 4. The molecule has 1 aliphatic carbocycles. The van der Waals surface area contributed by atoms with E-state index >= 15 is 0 Å². The summed E-state index contributed by atoms with van der Waals surface area (Å²) in [6.45, 7) is 3.51. The molecule has 1 N–H and O–H groups in total. The van der Waals surface area contributed by atoms with E-state index in [-0.39, 0.29) is 18.0 Å². The van der Waals surface area contributed by atoms with Crippen LogP contribution < -0.4 is 4.90 Å². The van der Waals surface area contributed by atoms with Gasteiger partial charge in [0.2, 0.25) is 0 Å². The summed E-state index contributed by atoms with van der Waals surface area (Å²) in [5.41, 5.74) is 1.20. The number of carboxylic acids is 1. The molecule has 27 heavy (non-hydrogen) atoms. The maximum atomic E-state index is 13.0. The summed E-state index contributed by atoms with van der Waals surface area (Å²) in [5.74, 6) is -0.920. The maximum Gasteiger partial charge on any atom is 0.320 e. The number of amides is 2. The first-order valence-corrected chi connectivity index (χ1v) is 10.1. The number of piperidine rings is 1. The molecule has 0 unspecified atom stereocenters. The van der Waals surface area contributed by atoms with E-state index in [0.717, 1.165) is 51.9 Å². The number of carbonyl (C=O) groups is 2. The Morgan fingerprint density at radius 2 is 1.44 bits per heavy atom. The minimum atomic E-state index is -0.691. The van der Waals surface area contributed by atoms with Gasteiger partial charge in [-0.15, -0.1) is 0 Å². The lowest BCUT2D eigenvalue weighted by Crippen LogP contribution is -2.48. The molecule has 0 atom stereocenters. The smallest absolute Gasteiger partial charge is 0.320 e. The van der Waals surface area contributed by atoms with Crippen molar-refractivity contribution in [3.63, 3.8) is 0 Å². The van der Waals surface area contributed by atoms with Gasteiger partial charge >= 0.3 is 12.0 Å². The molecule has 4 rings (SSSR count). The Bertz CT molecular complexity index is 667. The van der Waals surface area contributed by atoms with Gasteiger partial charge in [0, 0.05) is 56.3 Å². The van der Waals surface area contributed by atoms with Gasteiger partial charge in [-0.1, -0.05) is 0 Å². The van der Waals surface area contributed by atoms with Gasteiger partial charge in [-0.3, -0.25) is 9.78 Å². The largest absolute Gasteiger partial charge is 0.481 e. The van der Waals surface area contributed by atoms with Crippen molar-refractivity contribution >= 4 is 17.7 Å². The van der Waals surface area contributed by atoms with Gasteiger partial charge in [-0.2, -0.15) is 0 Å². The molecule has 3 aliphatic rings. The lowest BCUT2D eigenvalue weighted by molar-refractivity contribution is -0.143. The number of aliphatic carboxylic acids is 1. The van der Waals surface area contributed by atoms with E-state index < -0.39 is 5.97 Å². The number of carboxylic acid groups (broad SMARTS) is 1. The third-order valence-corrected chi connectivity index (χ3v) is 6.49. The molecular weight excluding hydrogens is 344 g/mol. The van der Waals surface area contributed by atoms with Crippen LogP contribution in [0.2, 0.25) is 0 Å². The van der Waals surface area contributed by atoms with E-state index in [0.29, 0.717) is 18.9 Å². The average Bonchev–Trinajstić information content (AvgIpc) is 3.10. The second kappa shape index (κ2) is 7.74. The Kier molecular flexibility index (Phi) is 5.18. The molecule has 7 nitrogen and oxygen atoms in total. The number of hydrogen-bond acceptors (Lipinski definition) is 4. The van der Waals surface area contributed by atoms with Gasteiger partial charge in [0.15, 0.2) is 0 Å². The molecule has 2 aliphatic heterocycles. The fourth-order valence-corrected chi connectivity index (χ4v) is 4.87. The molecule has 0 bridgehead atoms. The Balaban J connectivity index is 1.30. The molecule has 1 saturated carbocycles. The van der Waals surface area contributed by atoms with Crippen molar-refractivity contribution in [1.82, 2.24) is 14.8 Å². The molecule has 3 heterocycles. The van der Waals surface area contributed by atoms with E-state index in [4.69, 9.17) is 5.11 Å². The topological polar surface area (TPSA) is 77.0 Å². The number of hydrogen-bond donors (Lipinski definition) is 1. The van der Waals surface area contributed by atoms with Gasteiger partial charge in [-0.25, -0.2) is 4.79 Å². The van der Waals surface area contributed by atoms with Gasteiger partial charge in [0.25, 0.3) is 0 Å². The maximum absolute atomic E-state index is 13.0. The highest BCUT2D eigenvalue weighted by atomic mass is 16.4. The van der Waals surface area contributed by atoms with Crippen LogP contribution in [0.4, 0.5) is 10.5 Å². The minimum absolute atomic E-state index is 0.163. The first-order chi connectivity index (χ1) is 13.1. The Hall–Kier alpha value is -2.31. The summed E-state index contributed by atoms with van der Waals surface area (Å²) in [6, 6.07) is 4.77. The molecule has 7 heteroatoms. The Morgan fingerprint density at radius 1 is 0.889 bits per heavy atom. The van der Waals surface area contributed by atoms with Gasteiger partial charge in [0.05, 0.1) is 5.92 Å². The van der Waals surface area contributed by atoms with Crippen molar-refractivity contribution in [1.29, 1.82) is 0 Å².